The Bertz CT molecular complexity index is 379. The van der Waals surface area contributed by atoms with Gasteiger partial charge in [0, 0.05) is 6.42 Å². The molecule has 0 bridgehead atoms. The summed E-state index contributed by atoms with van der Waals surface area (Å²) in [5.74, 6) is 0.607. The maximum absolute atomic E-state index is 12.4. The predicted octanol–water partition coefficient (Wildman–Crippen LogP) is 11.0. The standard InChI is InChI=1S/C31H62O2/c1-4-7-10-13-16-18-21-24-27-30(26-23-20-15-12-9-6-3)29-31(32)33-28-25-22-19-17-14-11-8-5-2/h30H,4-29H2,1-3H3. The predicted molar refractivity (Wildman–Crippen MR) is 147 cm³/mol. The number of hydrogen-bond acceptors (Lipinski definition) is 2. The molecule has 2 heteroatoms. The summed E-state index contributed by atoms with van der Waals surface area (Å²) in [6.45, 7) is 7.46. The van der Waals surface area contributed by atoms with Crippen molar-refractivity contribution in [1.29, 1.82) is 0 Å². The molecule has 0 N–H and O–H groups in total. The fraction of sp³-hybridized carbons (Fsp3) is 0.968. The van der Waals surface area contributed by atoms with Gasteiger partial charge in [-0.1, -0.05) is 156 Å². The van der Waals surface area contributed by atoms with Gasteiger partial charge in [-0.2, -0.15) is 0 Å². The van der Waals surface area contributed by atoms with Crippen LogP contribution in [0.2, 0.25) is 0 Å². The zero-order valence-electron chi connectivity index (χ0n) is 23.3. The molecule has 0 aliphatic rings. The summed E-state index contributed by atoms with van der Waals surface area (Å²) >= 11 is 0. The third-order valence-corrected chi connectivity index (χ3v) is 7.15. The Kier molecular flexibility index (Phi) is 27.3. The molecule has 1 unspecified atom stereocenters. The van der Waals surface area contributed by atoms with Crippen LogP contribution < -0.4 is 0 Å². The Balaban J connectivity index is 3.97. The molecular formula is C31H62O2. The van der Waals surface area contributed by atoms with Crippen LogP contribution in [-0.4, -0.2) is 12.6 Å². The van der Waals surface area contributed by atoms with E-state index < -0.39 is 0 Å². The van der Waals surface area contributed by atoms with Crippen LogP contribution in [-0.2, 0) is 9.53 Å². The number of esters is 1. The molecule has 0 radical (unpaired) electrons. The van der Waals surface area contributed by atoms with Crippen molar-refractivity contribution in [2.24, 2.45) is 5.92 Å². The van der Waals surface area contributed by atoms with Crippen LogP contribution in [0.4, 0.5) is 0 Å². The van der Waals surface area contributed by atoms with E-state index in [0.29, 0.717) is 18.9 Å². The van der Waals surface area contributed by atoms with Gasteiger partial charge in [-0.05, 0) is 25.2 Å². The third kappa shape index (κ3) is 25.9. The van der Waals surface area contributed by atoms with Gasteiger partial charge in [0.2, 0.25) is 0 Å². The maximum Gasteiger partial charge on any atom is 0.306 e. The van der Waals surface area contributed by atoms with Crippen molar-refractivity contribution >= 4 is 5.97 Å². The monoisotopic (exact) mass is 466 g/mol. The van der Waals surface area contributed by atoms with E-state index in [4.69, 9.17) is 4.74 Å². The molecule has 0 saturated heterocycles. The molecule has 2 nitrogen and oxygen atoms in total. The Morgan fingerprint density at radius 2 is 0.818 bits per heavy atom. The molecule has 33 heavy (non-hydrogen) atoms. The van der Waals surface area contributed by atoms with E-state index >= 15 is 0 Å². The van der Waals surface area contributed by atoms with Gasteiger partial charge in [-0.15, -0.1) is 0 Å². The van der Waals surface area contributed by atoms with Crippen LogP contribution >= 0.6 is 0 Å². The van der Waals surface area contributed by atoms with Crippen LogP contribution in [0.25, 0.3) is 0 Å². The number of carbonyl (C=O) groups is 1. The topological polar surface area (TPSA) is 26.3 Å². The van der Waals surface area contributed by atoms with E-state index in [1.165, 1.54) is 148 Å². The van der Waals surface area contributed by atoms with E-state index in [2.05, 4.69) is 20.8 Å². The number of carbonyl (C=O) groups excluding carboxylic acids is 1. The molecular weight excluding hydrogens is 404 g/mol. The lowest BCUT2D eigenvalue weighted by Crippen LogP contribution is -2.13. The van der Waals surface area contributed by atoms with Crippen molar-refractivity contribution < 1.29 is 9.53 Å². The summed E-state index contributed by atoms with van der Waals surface area (Å²) < 4.78 is 5.62. The lowest BCUT2D eigenvalue weighted by molar-refractivity contribution is -0.145. The van der Waals surface area contributed by atoms with Gasteiger partial charge in [0.05, 0.1) is 6.61 Å². The van der Waals surface area contributed by atoms with Gasteiger partial charge in [-0.3, -0.25) is 4.79 Å². The van der Waals surface area contributed by atoms with Gasteiger partial charge in [0.15, 0.2) is 0 Å². The summed E-state index contributed by atoms with van der Waals surface area (Å²) in [6.07, 6.45) is 32.4. The van der Waals surface area contributed by atoms with Crippen LogP contribution in [0, 0.1) is 5.92 Å². The highest BCUT2D eigenvalue weighted by atomic mass is 16.5. The van der Waals surface area contributed by atoms with Crippen molar-refractivity contribution in [2.75, 3.05) is 6.61 Å². The fourth-order valence-corrected chi connectivity index (χ4v) is 4.85. The zero-order chi connectivity index (χ0) is 24.2. The quantitative estimate of drug-likeness (QED) is 0.0888. The summed E-state index contributed by atoms with van der Waals surface area (Å²) in [7, 11) is 0. The second-order valence-electron chi connectivity index (χ2n) is 10.6. The first kappa shape index (κ1) is 32.5. The first-order chi connectivity index (χ1) is 16.2. The Morgan fingerprint density at radius 3 is 1.21 bits per heavy atom. The van der Waals surface area contributed by atoms with Crippen molar-refractivity contribution in [3.05, 3.63) is 0 Å². The minimum absolute atomic E-state index is 0.0634. The van der Waals surface area contributed by atoms with E-state index in [1.54, 1.807) is 0 Å². The molecule has 0 aliphatic carbocycles. The summed E-state index contributed by atoms with van der Waals surface area (Å²) in [4.78, 5) is 12.4. The molecule has 0 rings (SSSR count). The fourth-order valence-electron chi connectivity index (χ4n) is 4.85. The molecule has 0 spiro atoms. The van der Waals surface area contributed by atoms with Crippen LogP contribution in [0.3, 0.4) is 0 Å². The van der Waals surface area contributed by atoms with Crippen LogP contribution in [0.5, 0.6) is 0 Å². The maximum atomic E-state index is 12.4. The van der Waals surface area contributed by atoms with E-state index in [9.17, 15) is 4.79 Å². The largest absolute Gasteiger partial charge is 0.466 e. The first-order valence-corrected chi connectivity index (χ1v) is 15.4. The average Bonchev–Trinajstić information content (AvgIpc) is 2.81. The summed E-state index contributed by atoms with van der Waals surface area (Å²) in [5, 5.41) is 0. The van der Waals surface area contributed by atoms with E-state index in [1.807, 2.05) is 0 Å². The highest BCUT2D eigenvalue weighted by molar-refractivity contribution is 5.69. The molecule has 0 fully saturated rings. The molecule has 0 aliphatic heterocycles. The van der Waals surface area contributed by atoms with Gasteiger partial charge < -0.3 is 4.74 Å². The van der Waals surface area contributed by atoms with E-state index in [-0.39, 0.29) is 5.97 Å². The molecule has 198 valence electrons. The molecule has 0 amide bonds. The van der Waals surface area contributed by atoms with Crippen molar-refractivity contribution in [2.45, 2.75) is 181 Å². The minimum Gasteiger partial charge on any atom is -0.466 e. The minimum atomic E-state index is 0.0634. The lowest BCUT2D eigenvalue weighted by atomic mass is 9.91. The summed E-state index contributed by atoms with van der Waals surface area (Å²) in [5.41, 5.74) is 0. The lowest BCUT2D eigenvalue weighted by Gasteiger charge is -2.16. The highest BCUT2D eigenvalue weighted by Gasteiger charge is 2.15. The van der Waals surface area contributed by atoms with Gasteiger partial charge in [0.25, 0.3) is 0 Å². The number of rotatable bonds is 27. The van der Waals surface area contributed by atoms with Gasteiger partial charge in [-0.25, -0.2) is 0 Å². The Morgan fingerprint density at radius 1 is 0.485 bits per heavy atom. The number of hydrogen-bond donors (Lipinski definition) is 0. The third-order valence-electron chi connectivity index (χ3n) is 7.15. The normalized spacial score (nSPS) is 12.2. The second kappa shape index (κ2) is 27.7. The smallest absolute Gasteiger partial charge is 0.306 e. The molecule has 0 aromatic heterocycles. The van der Waals surface area contributed by atoms with Crippen molar-refractivity contribution in [3.63, 3.8) is 0 Å². The number of ether oxygens (including phenoxy) is 1. The van der Waals surface area contributed by atoms with E-state index in [0.717, 1.165) is 6.42 Å². The highest BCUT2D eigenvalue weighted by Crippen LogP contribution is 2.23. The molecule has 1 atom stereocenters. The molecule has 0 saturated carbocycles. The SMILES string of the molecule is CCCCCCCCCCOC(=O)CC(CCCCCCCC)CCCCCCCCCC. The first-order valence-electron chi connectivity index (χ1n) is 15.4. The second-order valence-corrected chi connectivity index (χ2v) is 10.6. The van der Waals surface area contributed by atoms with Crippen molar-refractivity contribution in [3.8, 4) is 0 Å². The molecule has 0 aromatic carbocycles. The van der Waals surface area contributed by atoms with Gasteiger partial charge >= 0.3 is 5.97 Å². The van der Waals surface area contributed by atoms with Gasteiger partial charge in [0.1, 0.15) is 0 Å². The molecule has 0 heterocycles. The summed E-state index contributed by atoms with van der Waals surface area (Å²) in [6, 6.07) is 0. The average molecular weight is 467 g/mol. The molecule has 0 aromatic rings. The Labute approximate surface area is 209 Å². The Hall–Kier alpha value is -0.530. The van der Waals surface area contributed by atoms with Crippen LogP contribution in [0.1, 0.15) is 181 Å². The van der Waals surface area contributed by atoms with Crippen LogP contribution in [0.15, 0.2) is 0 Å². The number of unbranched alkanes of at least 4 members (excludes halogenated alkanes) is 19. The zero-order valence-corrected chi connectivity index (χ0v) is 23.3. The van der Waals surface area contributed by atoms with Crippen molar-refractivity contribution in [1.82, 2.24) is 0 Å².